The standard InChI is InChI=1S/C12H23N3S/c1-6-13-9(2)7-11(4)16-12-8-10(3)14-15(12)5/h8-9,11,13H,6-7H2,1-5H3. The average Bonchev–Trinajstić information content (AvgIpc) is 2.44. The number of aryl methyl sites for hydroxylation is 2. The second kappa shape index (κ2) is 6.30. The molecule has 0 aliphatic heterocycles. The number of nitrogens with zero attached hydrogens (tertiary/aromatic N) is 2. The molecule has 0 spiro atoms. The van der Waals surface area contributed by atoms with Crippen LogP contribution in [0, 0.1) is 6.92 Å². The van der Waals surface area contributed by atoms with Crippen LogP contribution >= 0.6 is 11.8 Å². The molecule has 1 aromatic rings. The molecule has 1 rings (SSSR count). The Bertz CT molecular complexity index is 322. The van der Waals surface area contributed by atoms with E-state index in [2.05, 4.69) is 37.3 Å². The largest absolute Gasteiger partial charge is 0.314 e. The smallest absolute Gasteiger partial charge is 0.0941 e. The normalized spacial score (nSPS) is 15.1. The lowest BCUT2D eigenvalue weighted by Gasteiger charge is -2.17. The Kier molecular flexibility index (Phi) is 5.35. The Balaban J connectivity index is 2.45. The van der Waals surface area contributed by atoms with E-state index < -0.39 is 0 Å². The first kappa shape index (κ1) is 13.6. The molecule has 3 nitrogen and oxygen atoms in total. The summed E-state index contributed by atoms with van der Waals surface area (Å²) in [4.78, 5) is 0. The number of hydrogen-bond acceptors (Lipinski definition) is 3. The molecule has 0 aromatic carbocycles. The minimum atomic E-state index is 0.585. The van der Waals surface area contributed by atoms with E-state index in [4.69, 9.17) is 0 Å². The SMILES string of the molecule is CCNC(C)CC(C)Sc1cc(C)nn1C. The summed E-state index contributed by atoms with van der Waals surface area (Å²) >= 11 is 1.91. The maximum Gasteiger partial charge on any atom is 0.0941 e. The van der Waals surface area contributed by atoms with Crippen molar-refractivity contribution in [1.29, 1.82) is 0 Å². The predicted octanol–water partition coefficient (Wildman–Crippen LogP) is 2.60. The zero-order chi connectivity index (χ0) is 12.1. The number of thioether (sulfide) groups is 1. The molecule has 0 fully saturated rings. The molecule has 2 unspecified atom stereocenters. The Morgan fingerprint density at radius 1 is 1.50 bits per heavy atom. The van der Waals surface area contributed by atoms with E-state index in [1.165, 1.54) is 11.4 Å². The Morgan fingerprint density at radius 3 is 2.69 bits per heavy atom. The van der Waals surface area contributed by atoms with Crippen molar-refractivity contribution in [2.75, 3.05) is 6.54 Å². The highest BCUT2D eigenvalue weighted by atomic mass is 32.2. The lowest BCUT2D eigenvalue weighted by Crippen LogP contribution is -2.28. The Hall–Kier alpha value is -0.480. The molecule has 0 aliphatic carbocycles. The highest BCUT2D eigenvalue weighted by Gasteiger charge is 2.11. The quantitative estimate of drug-likeness (QED) is 0.776. The van der Waals surface area contributed by atoms with Crippen molar-refractivity contribution in [3.63, 3.8) is 0 Å². The van der Waals surface area contributed by atoms with Crippen molar-refractivity contribution in [2.45, 2.75) is 50.4 Å². The zero-order valence-corrected chi connectivity index (χ0v) is 11.8. The fourth-order valence-corrected chi connectivity index (χ4v) is 3.11. The summed E-state index contributed by atoms with van der Waals surface area (Å²) in [6, 6.07) is 2.74. The minimum absolute atomic E-state index is 0.585. The van der Waals surface area contributed by atoms with Gasteiger partial charge in [0, 0.05) is 18.3 Å². The van der Waals surface area contributed by atoms with Gasteiger partial charge in [0.15, 0.2) is 0 Å². The van der Waals surface area contributed by atoms with Gasteiger partial charge in [-0.1, -0.05) is 13.8 Å². The predicted molar refractivity (Wildman–Crippen MR) is 71.0 cm³/mol. The molecule has 0 amide bonds. The lowest BCUT2D eigenvalue weighted by molar-refractivity contribution is 0.529. The molecule has 0 saturated heterocycles. The summed E-state index contributed by atoms with van der Waals surface area (Å²) in [7, 11) is 2.01. The third-order valence-electron chi connectivity index (χ3n) is 2.52. The first-order chi connectivity index (χ1) is 7.52. The number of nitrogens with one attached hydrogen (secondary N) is 1. The summed E-state index contributed by atoms with van der Waals surface area (Å²) < 4.78 is 1.97. The van der Waals surface area contributed by atoms with Crippen LogP contribution in [0.1, 0.15) is 32.9 Å². The van der Waals surface area contributed by atoms with Gasteiger partial charge in [-0.2, -0.15) is 5.10 Å². The van der Waals surface area contributed by atoms with E-state index in [0.29, 0.717) is 11.3 Å². The van der Waals surface area contributed by atoms with E-state index in [1.807, 2.05) is 30.4 Å². The third kappa shape index (κ3) is 4.18. The van der Waals surface area contributed by atoms with Crippen LogP contribution in [0.15, 0.2) is 11.1 Å². The van der Waals surface area contributed by atoms with Crippen LogP contribution in [0.3, 0.4) is 0 Å². The molecule has 0 radical (unpaired) electrons. The maximum absolute atomic E-state index is 4.36. The average molecular weight is 241 g/mol. The summed E-state index contributed by atoms with van der Waals surface area (Å²) in [5, 5.41) is 9.68. The molecular weight excluding hydrogens is 218 g/mol. The van der Waals surface area contributed by atoms with E-state index >= 15 is 0 Å². The van der Waals surface area contributed by atoms with Crippen LogP contribution in [0.25, 0.3) is 0 Å². The van der Waals surface area contributed by atoms with Crippen molar-refractivity contribution in [2.24, 2.45) is 7.05 Å². The van der Waals surface area contributed by atoms with Crippen molar-refractivity contribution in [3.05, 3.63) is 11.8 Å². The van der Waals surface area contributed by atoms with E-state index in [0.717, 1.165) is 12.2 Å². The third-order valence-corrected chi connectivity index (χ3v) is 3.74. The summed E-state index contributed by atoms with van der Waals surface area (Å²) in [6.07, 6.45) is 1.18. The first-order valence-corrected chi connectivity index (χ1v) is 6.81. The molecule has 92 valence electrons. The van der Waals surface area contributed by atoms with Gasteiger partial charge >= 0.3 is 0 Å². The fourth-order valence-electron chi connectivity index (χ4n) is 1.88. The van der Waals surface area contributed by atoms with Crippen LogP contribution in [0.2, 0.25) is 0 Å². The van der Waals surface area contributed by atoms with Gasteiger partial charge in [-0.3, -0.25) is 4.68 Å². The Labute approximate surface area is 103 Å². The van der Waals surface area contributed by atoms with Gasteiger partial charge in [-0.05, 0) is 32.9 Å². The number of rotatable bonds is 6. The van der Waals surface area contributed by atoms with E-state index in [-0.39, 0.29) is 0 Å². The fraction of sp³-hybridized carbons (Fsp3) is 0.750. The van der Waals surface area contributed by atoms with Crippen LogP contribution in [-0.4, -0.2) is 27.6 Å². The monoisotopic (exact) mass is 241 g/mol. The minimum Gasteiger partial charge on any atom is -0.314 e. The molecule has 1 heterocycles. The highest BCUT2D eigenvalue weighted by molar-refractivity contribution is 7.99. The topological polar surface area (TPSA) is 29.9 Å². The second-order valence-electron chi connectivity index (χ2n) is 4.37. The molecule has 1 N–H and O–H groups in total. The molecule has 1 aromatic heterocycles. The van der Waals surface area contributed by atoms with Gasteiger partial charge < -0.3 is 5.32 Å². The van der Waals surface area contributed by atoms with Crippen molar-refractivity contribution in [3.8, 4) is 0 Å². The molecule has 2 atom stereocenters. The molecule has 0 bridgehead atoms. The van der Waals surface area contributed by atoms with Crippen LogP contribution in [0.4, 0.5) is 0 Å². The van der Waals surface area contributed by atoms with E-state index in [9.17, 15) is 0 Å². The second-order valence-corrected chi connectivity index (χ2v) is 5.83. The molecule has 4 heteroatoms. The molecule has 0 saturated carbocycles. The van der Waals surface area contributed by atoms with E-state index in [1.54, 1.807) is 0 Å². The van der Waals surface area contributed by atoms with Gasteiger partial charge in [0.1, 0.15) is 0 Å². The number of aromatic nitrogens is 2. The highest BCUT2D eigenvalue weighted by Crippen LogP contribution is 2.26. The number of hydrogen-bond donors (Lipinski definition) is 1. The van der Waals surface area contributed by atoms with Crippen molar-refractivity contribution in [1.82, 2.24) is 15.1 Å². The van der Waals surface area contributed by atoms with Gasteiger partial charge in [0.2, 0.25) is 0 Å². The summed E-state index contributed by atoms with van der Waals surface area (Å²) in [5.41, 5.74) is 1.09. The molecule has 0 aliphatic rings. The Morgan fingerprint density at radius 2 is 2.19 bits per heavy atom. The molecule has 16 heavy (non-hydrogen) atoms. The maximum atomic E-state index is 4.36. The van der Waals surface area contributed by atoms with Crippen molar-refractivity contribution >= 4 is 11.8 Å². The van der Waals surface area contributed by atoms with Gasteiger partial charge in [-0.15, -0.1) is 11.8 Å². The van der Waals surface area contributed by atoms with Gasteiger partial charge in [-0.25, -0.2) is 0 Å². The first-order valence-electron chi connectivity index (χ1n) is 5.93. The van der Waals surface area contributed by atoms with Crippen LogP contribution in [-0.2, 0) is 7.05 Å². The zero-order valence-electron chi connectivity index (χ0n) is 10.9. The van der Waals surface area contributed by atoms with Crippen molar-refractivity contribution < 1.29 is 0 Å². The summed E-state index contributed by atoms with van der Waals surface area (Å²) in [6.45, 7) is 9.76. The van der Waals surface area contributed by atoms with Gasteiger partial charge in [0.25, 0.3) is 0 Å². The molecular formula is C12H23N3S. The lowest BCUT2D eigenvalue weighted by atomic mass is 10.2. The van der Waals surface area contributed by atoms with Crippen LogP contribution < -0.4 is 5.32 Å². The summed E-state index contributed by atoms with van der Waals surface area (Å²) in [5.74, 6) is 0. The van der Waals surface area contributed by atoms with Crippen LogP contribution in [0.5, 0.6) is 0 Å². The van der Waals surface area contributed by atoms with Gasteiger partial charge in [0.05, 0.1) is 10.7 Å².